The number of Topliss-reactive ketones (excluding diaryl/α,β-unsaturated/α-hetero) is 1. The number of ketones is 1. The average Bonchev–Trinajstić information content (AvgIpc) is 3.33. The van der Waals surface area contributed by atoms with Crippen molar-refractivity contribution in [2.45, 2.75) is 18.2 Å². The maximum atomic E-state index is 12.6. The summed E-state index contributed by atoms with van der Waals surface area (Å²) >= 11 is 0. The van der Waals surface area contributed by atoms with Crippen LogP contribution in [0.4, 0.5) is 5.69 Å². The summed E-state index contributed by atoms with van der Waals surface area (Å²) in [5.74, 6) is -2.72. The minimum absolute atomic E-state index is 0.00216. The quantitative estimate of drug-likeness (QED) is 0.223. The molecule has 1 aliphatic rings. The van der Waals surface area contributed by atoms with Gasteiger partial charge in [-0.3, -0.25) is 14.4 Å². The largest absolute Gasteiger partial charge is 0.465 e. The van der Waals surface area contributed by atoms with Gasteiger partial charge in [0.2, 0.25) is 5.91 Å². The van der Waals surface area contributed by atoms with Crippen molar-refractivity contribution >= 4 is 39.4 Å². The number of carbonyl (C=O) groups excluding carboxylic acids is 4. The van der Waals surface area contributed by atoms with E-state index in [1.54, 1.807) is 24.3 Å². The average molecular weight is 552 g/mol. The number of carbonyl (C=O) groups is 4. The smallest absolute Gasteiger partial charge is 0.339 e. The van der Waals surface area contributed by atoms with Gasteiger partial charge < -0.3 is 18.6 Å². The summed E-state index contributed by atoms with van der Waals surface area (Å²) in [6, 6.07) is 17.8. The predicted octanol–water partition coefficient (Wildman–Crippen LogP) is 3.33. The topological polar surface area (TPSA) is 133 Å². The number of anilines is 1. The Morgan fingerprint density at radius 1 is 0.897 bits per heavy atom. The Morgan fingerprint density at radius 2 is 1.51 bits per heavy atom. The molecule has 1 atom stereocenters. The molecule has 1 saturated heterocycles. The van der Waals surface area contributed by atoms with Gasteiger partial charge in [-0.05, 0) is 67.6 Å². The summed E-state index contributed by atoms with van der Waals surface area (Å²) in [5, 5.41) is 0. The standard InChI is InChI=1S/C28H25NO9S/c1-18-3-13-24(14-4-18)39(34,35)38-23-11-7-19(8-12-23)25(30)17-37-28(33)21-15-26(31)29(16-21)22-9-5-20(6-10-22)27(32)36-2/h3-14,21H,15-17H2,1-2H3/t21-/m0/s1. The molecule has 4 rings (SSSR count). The van der Waals surface area contributed by atoms with Crippen molar-refractivity contribution in [1.82, 2.24) is 0 Å². The van der Waals surface area contributed by atoms with Crippen LogP contribution in [0.5, 0.6) is 5.75 Å². The lowest BCUT2D eigenvalue weighted by Crippen LogP contribution is -2.27. The molecule has 39 heavy (non-hydrogen) atoms. The number of methoxy groups -OCH3 is 1. The number of nitrogens with zero attached hydrogens (tertiary/aromatic N) is 1. The molecule has 0 bridgehead atoms. The molecule has 0 saturated carbocycles. The third-order valence-corrected chi connectivity index (χ3v) is 7.36. The SMILES string of the molecule is COC(=O)c1ccc(N2C[C@@H](C(=O)OCC(=O)c3ccc(OS(=O)(=O)c4ccc(C)cc4)cc3)CC2=O)cc1. The Kier molecular flexibility index (Phi) is 8.10. The number of rotatable bonds is 9. The fourth-order valence-corrected chi connectivity index (χ4v) is 4.85. The van der Waals surface area contributed by atoms with Crippen LogP contribution in [0.1, 0.15) is 32.7 Å². The van der Waals surface area contributed by atoms with Gasteiger partial charge in [0.25, 0.3) is 0 Å². The van der Waals surface area contributed by atoms with E-state index in [1.807, 2.05) is 6.92 Å². The van der Waals surface area contributed by atoms with E-state index in [1.165, 1.54) is 60.5 Å². The highest BCUT2D eigenvalue weighted by Crippen LogP contribution is 2.26. The Morgan fingerprint density at radius 3 is 2.13 bits per heavy atom. The van der Waals surface area contributed by atoms with E-state index in [0.717, 1.165) is 5.56 Å². The highest BCUT2D eigenvalue weighted by Gasteiger charge is 2.36. The number of hydrogen-bond acceptors (Lipinski definition) is 9. The van der Waals surface area contributed by atoms with Crippen molar-refractivity contribution in [2.24, 2.45) is 5.92 Å². The molecule has 0 aliphatic carbocycles. The second kappa shape index (κ2) is 11.5. The maximum Gasteiger partial charge on any atom is 0.339 e. The van der Waals surface area contributed by atoms with Crippen LogP contribution in [-0.2, 0) is 29.2 Å². The lowest BCUT2D eigenvalue weighted by atomic mass is 10.1. The van der Waals surface area contributed by atoms with Crippen LogP contribution in [0, 0.1) is 12.8 Å². The Labute approximate surface area is 225 Å². The highest BCUT2D eigenvalue weighted by atomic mass is 32.2. The minimum Gasteiger partial charge on any atom is -0.465 e. The normalized spacial score (nSPS) is 15.1. The molecule has 202 valence electrons. The minimum atomic E-state index is -4.04. The second-order valence-corrected chi connectivity index (χ2v) is 10.4. The lowest BCUT2D eigenvalue weighted by molar-refractivity contribution is -0.147. The molecule has 3 aromatic carbocycles. The molecule has 1 heterocycles. The van der Waals surface area contributed by atoms with Crippen LogP contribution in [0.25, 0.3) is 0 Å². The molecule has 11 heteroatoms. The van der Waals surface area contributed by atoms with Gasteiger partial charge in [-0.15, -0.1) is 0 Å². The van der Waals surface area contributed by atoms with Gasteiger partial charge in [0, 0.05) is 24.2 Å². The Bertz CT molecular complexity index is 1500. The molecule has 1 amide bonds. The van der Waals surface area contributed by atoms with Crippen LogP contribution < -0.4 is 9.08 Å². The van der Waals surface area contributed by atoms with Gasteiger partial charge in [0.1, 0.15) is 10.6 Å². The zero-order chi connectivity index (χ0) is 28.2. The fourth-order valence-electron chi connectivity index (χ4n) is 3.92. The zero-order valence-corrected chi connectivity index (χ0v) is 22.0. The van der Waals surface area contributed by atoms with Crippen molar-refractivity contribution in [3.8, 4) is 5.75 Å². The first-order valence-corrected chi connectivity index (χ1v) is 13.3. The monoisotopic (exact) mass is 551 g/mol. The molecule has 0 radical (unpaired) electrons. The van der Waals surface area contributed by atoms with Crippen molar-refractivity contribution in [2.75, 3.05) is 25.2 Å². The molecule has 0 N–H and O–H groups in total. The van der Waals surface area contributed by atoms with Crippen LogP contribution in [-0.4, -0.2) is 52.3 Å². The number of benzene rings is 3. The van der Waals surface area contributed by atoms with Crippen molar-refractivity contribution in [1.29, 1.82) is 0 Å². The molecule has 10 nitrogen and oxygen atoms in total. The van der Waals surface area contributed by atoms with Gasteiger partial charge in [0.05, 0.1) is 18.6 Å². The first-order valence-electron chi connectivity index (χ1n) is 11.9. The van der Waals surface area contributed by atoms with Crippen LogP contribution in [0.15, 0.2) is 77.7 Å². The van der Waals surface area contributed by atoms with E-state index in [2.05, 4.69) is 4.74 Å². The fraction of sp³-hybridized carbons (Fsp3) is 0.214. The number of esters is 2. The van der Waals surface area contributed by atoms with Crippen molar-refractivity contribution < 1.29 is 41.3 Å². The summed E-state index contributed by atoms with van der Waals surface area (Å²) in [7, 11) is -2.77. The van der Waals surface area contributed by atoms with E-state index in [9.17, 15) is 27.6 Å². The first-order chi connectivity index (χ1) is 18.6. The van der Waals surface area contributed by atoms with Crippen LogP contribution in [0.3, 0.4) is 0 Å². The summed E-state index contributed by atoms with van der Waals surface area (Å²) in [6.45, 7) is 1.37. The van der Waals surface area contributed by atoms with Gasteiger partial charge in [-0.25, -0.2) is 4.79 Å². The molecule has 1 fully saturated rings. The summed E-state index contributed by atoms with van der Waals surface area (Å²) in [4.78, 5) is 50.6. The molecule has 0 aromatic heterocycles. The second-order valence-electron chi connectivity index (χ2n) is 8.85. The highest BCUT2D eigenvalue weighted by molar-refractivity contribution is 7.87. The molecular formula is C28H25NO9S. The van der Waals surface area contributed by atoms with Gasteiger partial charge in [-0.1, -0.05) is 17.7 Å². The van der Waals surface area contributed by atoms with Gasteiger partial charge in [-0.2, -0.15) is 8.42 Å². The molecule has 0 spiro atoms. The third-order valence-electron chi connectivity index (χ3n) is 6.10. The number of amides is 1. The van der Waals surface area contributed by atoms with Crippen molar-refractivity contribution in [3.63, 3.8) is 0 Å². The number of ether oxygens (including phenoxy) is 2. The van der Waals surface area contributed by atoms with Gasteiger partial charge in [0.15, 0.2) is 12.4 Å². The number of aryl methyl sites for hydroxylation is 1. The van der Waals surface area contributed by atoms with E-state index >= 15 is 0 Å². The molecule has 1 aliphatic heterocycles. The zero-order valence-electron chi connectivity index (χ0n) is 21.2. The van der Waals surface area contributed by atoms with Crippen LogP contribution >= 0.6 is 0 Å². The van der Waals surface area contributed by atoms with Crippen LogP contribution in [0.2, 0.25) is 0 Å². The van der Waals surface area contributed by atoms with E-state index in [4.69, 9.17) is 8.92 Å². The predicted molar refractivity (Wildman–Crippen MR) is 139 cm³/mol. The lowest BCUT2D eigenvalue weighted by Gasteiger charge is -2.16. The van der Waals surface area contributed by atoms with E-state index < -0.39 is 40.4 Å². The first kappa shape index (κ1) is 27.5. The van der Waals surface area contributed by atoms with Gasteiger partial charge >= 0.3 is 22.1 Å². The molecular weight excluding hydrogens is 526 g/mol. The van der Waals surface area contributed by atoms with E-state index in [-0.39, 0.29) is 35.1 Å². The third kappa shape index (κ3) is 6.50. The molecule has 3 aromatic rings. The Hall–Kier alpha value is -4.51. The summed E-state index contributed by atoms with van der Waals surface area (Å²) in [5.41, 5.74) is 1.94. The summed E-state index contributed by atoms with van der Waals surface area (Å²) in [6.07, 6.45) is -0.0761. The Balaban J connectivity index is 1.30. The van der Waals surface area contributed by atoms with Crippen molar-refractivity contribution in [3.05, 3.63) is 89.5 Å². The number of hydrogen-bond donors (Lipinski definition) is 0. The molecule has 0 unspecified atom stereocenters. The summed E-state index contributed by atoms with van der Waals surface area (Å²) < 4.78 is 39.8. The maximum absolute atomic E-state index is 12.6. The van der Waals surface area contributed by atoms with E-state index in [0.29, 0.717) is 11.3 Å².